The number of Topliss-reactive ketones (excluding diaryl/α,β-unsaturated/α-hetero) is 1. The number of aromatic hydroxyl groups is 2. The van der Waals surface area contributed by atoms with Gasteiger partial charge < -0.3 is 25.6 Å². The molecule has 180 valence electrons. The Bertz CT molecular complexity index is 994. The molecule has 0 aliphatic rings. The first-order valence-corrected chi connectivity index (χ1v) is 10.6. The Labute approximate surface area is 192 Å². The van der Waals surface area contributed by atoms with Crippen molar-refractivity contribution in [3.05, 3.63) is 41.2 Å². The molecule has 0 saturated carbocycles. The zero-order chi connectivity index (χ0) is 24.9. The number of nitrogens with zero attached hydrogens (tertiary/aromatic N) is 1. The van der Waals surface area contributed by atoms with Crippen LogP contribution in [0.3, 0.4) is 0 Å². The van der Waals surface area contributed by atoms with Crippen LogP contribution >= 0.6 is 0 Å². The fraction of sp³-hybridized carbons (Fsp3) is 0.478. The number of alkyl carbamates (subject to hydrolysis) is 1. The number of pyridine rings is 1. The van der Waals surface area contributed by atoms with Crippen molar-refractivity contribution in [1.29, 1.82) is 0 Å². The number of aromatic nitrogens is 2. The minimum Gasteiger partial charge on any atom is -0.494 e. The van der Waals surface area contributed by atoms with Crippen LogP contribution in [0.4, 0.5) is 4.79 Å². The summed E-state index contributed by atoms with van der Waals surface area (Å²) < 4.78 is 5.30. The van der Waals surface area contributed by atoms with E-state index < -0.39 is 41.3 Å². The summed E-state index contributed by atoms with van der Waals surface area (Å²) in [6.07, 6.45) is 2.24. The number of ether oxygens (including phenoxy) is 1. The molecule has 2 rings (SSSR count). The fourth-order valence-corrected chi connectivity index (χ4v) is 3.26. The van der Waals surface area contributed by atoms with Gasteiger partial charge in [-0.25, -0.2) is 4.79 Å². The number of hydrogen-bond donors (Lipinski definition) is 5. The van der Waals surface area contributed by atoms with Gasteiger partial charge in [-0.3, -0.25) is 19.6 Å². The van der Waals surface area contributed by atoms with Crippen LogP contribution in [-0.2, 0) is 9.53 Å². The van der Waals surface area contributed by atoms with E-state index >= 15 is 0 Å². The first-order chi connectivity index (χ1) is 15.3. The van der Waals surface area contributed by atoms with Crippen LogP contribution in [0, 0.1) is 12.8 Å². The Morgan fingerprint density at radius 1 is 1.15 bits per heavy atom. The van der Waals surface area contributed by atoms with Crippen molar-refractivity contribution in [1.82, 2.24) is 20.6 Å². The van der Waals surface area contributed by atoms with Crippen LogP contribution in [0.5, 0.6) is 11.8 Å². The summed E-state index contributed by atoms with van der Waals surface area (Å²) in [5.41, 5.74) is -0.0161. The lowest BCUT2D eigenvalue weighted by molar-refractivity contribution is -0.122. The molecule has 0 spiro atoms. The number of nitrogens with one attached hydrogen (secondary N) is 3. The zero-order valence-corrected chi connectivity index (χ0v) is 19.7. The molecule has 33 heavy (non-hydrogen) atoms. The van der Waals surface area contributed by atoms with Crippen molar-refractivity contribution >= 4 is 17.8 Å². The number of rotatable bonds is 8. The van der Waals surface area contributed by atoms with Crippen molar-refractivity contribution in [3.63, 3.8) is 0 Å². The Morgan fingerprint density at radius 2 is 1.82 bits per heavy atom. The summed E-state index contributed by atoms with van der Waals surface area (Å²) in [4.78, 5) is 44.7. The summed E-state index contributed by atoms with van der Waals surface area (Å²) in [7, 11) is 0. The molecule has 2 atom stereocenters. The molecule has 0 radical (unpaired) electrons. The normalized spacial score (nSPS) is 13.3. The van der Waals surface area contributed by atoms with Crippen molar-refractivity contribution in [2.75, 3.05) is 0 Å². The van der Waals surface area contributed by atoms with Gasteiger partial charge in [-0.15, -0.1) is 0 Å². The lowest BCUT2D eigenvalue weighted by atomic mass is 9.93. The van der Waals surface area contributed by atoms with Gasteiger partial charge >= 0.3 is 6.09 Å². The van der Waals surface area contributed by atoms with E-state index in [0.29, 0.717) is 5.56 Å². The van der Waals surface area contributed by atoms with Crippen molar-refractivity contribution < 1.29 is 29.3 Å². The lowest BCUT2D eigenvalue weighted by Gasteiger charge is -2.25. The molecule has 2 aromatic rings. The van der Waals surface area contributed by atoms with Gasteiger partial charge in [-0.05, 0) is 45.2 Å². The second-order valence-electron chi connectivity index (χ2n) is 9.16. The number of amides is 2. The predicted molar refractivity (Wildman–Crippen MR) is 121 cm³/mol. The molecule has 0 aliphatic carbocycles. The van der Waals surface area contributed by atoms with Gasteiger partial charge in [0.15, 0.2) is 11.7 Å². The Morgan fingerprint density at radius 3 is 2.30 bits per heavy atom. The van der Waals surface area contributed by atoms with E-state index in [1.807, 2.05) is 0 Å². The molecule has 1 unspecified atom stereocenters. The fourth-order valence-electron chi connectivity index (χ4n) is 3.26. The number of H-pyrrole nitrogens is 1. The van der Waals surface area contributed by atoms with E-state index in [1.54, 1.807) is 52.9 Å². The van der Waals surface area contributed by atoms with Gasteiger partial charge in [-0.1, -0.05) is 19.9 Å². The van der Waals surface area contributed by atoms with Crippen molar-refractivity contribution in [2.24, 2.45) is 5.92 Å². The van der Waals surface area contributed by atoms with Gasteiger partial charge in [-0.2, -0.15) is 0 Å². The highest BCUT2D eigenvalue weighted by atomic mass is 16.6. The van der Waals surface area contributed by atoms with Crippen molar-refractivity contribution in [3.8, 4) is 11.8 Å². The van der Waals surface area contributed by atoms with Crippen LogP contribution in [0.25, 0.3) is 0 Å². The van der Waals surface area contributed by atoms with E-state index in [-0.39, 0.29) is 29.3 Å². The van der Waals surface area contributed by atoms with E-state index in [2.05, 4.69) is 20.6 Å². The number of carbonyl (C=O) groups is 3. The van der Waals surface area contributed by atoms with E-state index in [9.17, 15) is 24.6 Å². The maximum absolute atomic E-state index is 13.1. The maximum atomic E-state index is 13.1. The lowest BCUT2D eigenvalue weighted by Crippen LogP contribution is -2.46. The monoisotopic (exact) mass is 460 g/mol. The Balaban J connectivity index is 2.21. The molecule has 0 bridgehead atoms. The standard InChI is InChI=1S/C23H32N4O6/c1-12(2)18(19(29)17-13(3)20(30)27-21(17)31)26-16(28)10-15(14-8-7-9-24-11-14)25-22(32)33-23(4,5)6/h7-9,11-12,15,18,27,30-31H,10H2,1-6H3,(H,25,32)(H,26,28)/t15?,18-/m0/s1. The zero-order valence-electron chi connectivity index (χ0n) is 19.7. The Hall–Kier alpha value is -3.56. The first-order valence-electron chi connectivity index (χ1n) is 10.6. The molecule has 2 amide bonds. The smallest absolute Gasteiger partial charge is 0.408 e. The quantitative estimate of drug-likeness (QED) is 0.379. The average Bonchev–Trinajstić information content (AvgIpc) is 2.95. The average molecular weight is 461 g/mol. The van der Waals surface area contributed by atoms with Gasteiger partial charge in [0, 0.05) is 18.0 Å². The van der Waals surface area contributed by atoms with E-state index in [1.165, 1.54) is 13.1 Å². The Kier molecular flexibility index (Phi) is 8.08. The van der Waals surface area contributed by atoms with Gasteiger partial charge in [0.1, 0.15) is 5.60 Å². The molecule has 0 saturated heterocycles. The number of ketones is 1. The van der Waals surface area contributed by atoms with Crippen LogP contribution in [-0.4, -0.2) is 49.6 Å². The number of carbonyl (C=O) groups excluding carboxylic acids is 3. The second-order valence-corrected chi connectivity index (χ2v) is 9.16. The predicted octanol–water partition coefficient (Wildman–Crippen LogP) is 3.11. The highest BCUT2D eigenvalue weighted by Gasteiger charge is 2.32. The molecule has 5 N–H and O–H groups in total. The molecule has 2 aromatic heterocycles. The highest BCUT2D eigenvalue weighted by molar-refractivity contribution is 6.05. The molecule has 0 aliphatic heterocycles. The summed E-state index contributed by atoms with van der Waals surface area (Å²) in [5, 5.41) is 25.2. The third kappa shape index (κ3) is 6.96. The van der Waals surface area contributed by atoms with Gasteiger partial charge in [0.05, 0.1) is 24.1 Å². The number of aromatic amines is 1. The van der Waals surface area contributed by atoms with E-state index in [0.717, 1.165) is 0 Å². The minimum atomic E-state index is -0.964. The third-order valence-corrected chi connectivity index (χ3v) is 4.88. The molecule has 10 nitrogen and oxygen atoms in total. The molecular formula is C23H32N4O6. The molecular weight excluding hydrogens is 428 g/mol. The number of hydrogen-bond acceptors (Lipinski definition) is 7. The summed E-state index contributed by atoms with van der Waals surface area (Å²) in [5.74, 6) is -2.13. The highest BCUT2D eigenvalue weighted by Crippen LogP contribution is 2.30. The van der Waals surface area contributed by atoms with Crippen molar-refractivity contribution in [2.45, 2.75) is 65.6 Å². The summed E-state index contributed by atoms with van der Waals surface area (Å²) in [6, 6.07) is 1.69. The largest absolute Gasteiger partial charge is 0.494 e. The third-order valence-electron chi connectivity index (χ3n) is 4.88. The molecule has 2 heterocycles. The maximum Gasteiger partial charge on any atom is 0.408 e. The van der Waals surface area contributed by atoms with Gasteiger partial charge in [0.2, 0.25) is 11.8 Å². The molecule has 0 fully saturated rings. The topological polar surface area (TPSA) is 154 Å². The summed E-state index contributed by atoms with van der Waals surface area (Å²) in [6.45, 7) is 10.2. The van der Waals surface area contributed by atoms with Crippen LogP contribution < -0.4 is 10.6 Å². The van der Waals surface area contributed by atoms with Gasteiger partial charge in [0.25, 0.3) is 0 Å². The molecule has 10 heteroatoms. The molecule has 0 aromatic carbocycles. The second kappa shape index (κ2) is 10.4. The minimum absolute atomic E-state index is 0.0813. The van der Waals surface area contributed by atoms with Crippen LogP contribution in [0.15, 0.2) is 24.5 Å². The van der Waals surface area contributed by atoms with E-state index in [4.69, 9.17) is 4.74 Å². The summed E-state index contributed by atoms with van der Waals surface area (Å²) >= 11 is 0. The SMILES string of the molecule is Cc1c(O)[nH]c(O)c1C(=O)[C@@H](NC(=O)CC(NC(=O)OC(C)(C)C)c1cccnc1)C(C)C. The first kappa shape index (κ1) is 25.7. The van der Waals surface area contributed by atoms with Crippen LogP contribution in [0.1, 0.15) is 68.6 Å². The van der Waals surface area contributed by atoms with Crippen LogP contribution in [0.2, 0.25) is 0 Å².